The molecule has 5 heterocycles. The van der Waals surface area contributed by atoms with Crippen molar-refractivity contribution in [1.82, 2.24) is 19.9 Å². The van der Waals surface area contributed by atoms with Gasteiger partial charge >= 0.3 is 6.01 Å². The predicted molar refractivity (Wildman–Crippen MR) is 193 cm³/mol. The van der Waals surface area contributed by atoms with Crippen molar-refractivity contribution >= 4 is 27.5 Å². The molecule has 3 aliphatic heterocycles. The smallest absolute Gasteiger partial charge is 0.319 e. The molecule has 4 unspecified atom stereocenters. The van der Waals surface area contributed by atoms with Crippen LogP contribution in [0.25, 0.3) is 32.9 Å². The van der Waals surface area contributed by atoms with Crippen molar-refractivity contribution in [2.75, 3.05) is 57.6 Å². The van der Waals surface area contributed by atoms with E-state index in [-0.39, 0.29) is 47.1 Å². The normalized spacial score (nSPS) is 28.8. The van der Waals surface area contributed by atoms with Crippen molar-refractivity contribution in [3.63, 3.8) is 0 Å². The molecule has 5 fully saturated rings. The van der Waals surface area contributed by atoms with E-state index in [1.165, 1.54) is 31.2 Å². The summed E-state index contributed by atoms with van der Waals surface area (Å²) in [5, 5.41) is 23.2. The molecule has 52 heavy (non-hydrogen) atoms. The first-order valence-electron chi connectivity index (χ1n) is 18.9. The van der Waals surface area contributed by atoms with Crippen LogP contribution < -0.4 is 9.64 Å². The molecule has 4 aromatic rings. The Morgan fingerprint density at radius 3 is 2.62 bits per heavy atom. The maximum atomic E-state index is 17.1. The number of likely N-dealkylation sites (tertiary alicyclic amines) is 1. The quantitative estimate of drug-likeness (QED) is 0.230. The number of aromatic nitrogens is 3. The van der Waals surface area contributed by atoms with E-state index in [1.807, 2.05) is 11.8 Å². The lowest BCUT2D eigenvalue weighted by atomic mass is 9.60. The van der Waals surface area contributed by atoms with Gasteiger partial charge in [-0.3, -0.25) is 9.88 Å². The fraction of sp³-hybridized carbons (Fsp3) is 0.575. The van der Waals surface area contributed by atoms with Gasteiger partial charge in [0.15, 0.2) is 5.82 Å². The molecule has 2 aliphatic carbocycles. The number of aromatic hydroxyl groups is 1. The molecule has 2 N–H and O–H groups in total. The Kier molecular flexibility index (Phi) is 8.33. The summed E-state index contributed by atoms with van der Waals surface area (Å²) in [6, 6.07) is 6.94. The van der Waals surface area contributed by atoms with Crippen LogP contribution in [0.2, 0.25) is 0 Å². The van der Waals surface area contributed by atoms with Gasteiger partial charge in [0.2, 0.25) is 0 Å². The number of aliphatic hydroxyl groups is 1. The molecule has 9 rings (SSSR count). The Bertz CT molecular complexity index is 2040. The van der Waals surface area contributed by atoms with Crippen molar-refractivity contribution in [3.05, 3.63) is 47.7 Å². The number of β-amino-alcohol motifs (C(OH)–C–C–N with tert-alkyl or cyclic N) is 1. The van der Waals surface area contributed by atoms with E-state index in [9.17, 15) is 10.2 Å². The van der Waals surface area contributed by atoms with Crippen LogP contribution in [0.4, 0.5) is 14.6 Å². The Balaban J connectivity index is 1.13. The minimum Gasteiger partial charge on any atom is -0.508 e. The maximum absolute atomic E-state index is 17.1. The molecular formula is C40H47F2N5O5. The Morgan fingerprint density at radius 2 is 1.85 bits per heavy atom. The molecule has 3 saturated heterocycles. The highest BCUT2D eigenvalue weighted by Crippen LogP contribution is 2.56. The second-order valence-corrected chi connectivity index (χ2v) is 16.3. The molecule has 4 atom stereocenters. The summed E-state index contributed by atoms with van der Waals surface area (Å²) in [7, 11) is 0. The van der Waals surface area contributed by atoms with Crippen molar-refractivity contribution in [2.45, 2.75) is 82.9 Å². The Labute approximate surface area is 302 Å². The number of halogens is 2. The molecular weight excluding hydrogens is 668 g/mol. The van der Waals surface area contributed by atoms with E-state index in [0.717, 1.165) is 51.9 Å². The van der Waals surface area contributed by atoms with Crippen molar-refractivity contribution < 1.29 is 33.2 Å². The average molecular weight is 716 g/mol. The second kappa shape index (κ2) is 12.7. The van der Waals surface area contributed by atoms with Gasteiger partial charge in [0, 0.05) is 41.2 Å². The summed E-state index contributed by atoms with van der Waals surface area (Å²) >= 11 is 0. The van der Waals surface area contributed by atoms with E-state index in [0.29, 0.717) is 71.2 Å². The first kappa shape index (κ1) is 34.1. The number of phenolic OH excluding ortho intramolecular Hbond substituents is 1. The number of benzene rings is 2. The molecule has 12 heteroatoms. The summed E-state index contributed by atoms with van der Waals surface area (Å²) in [5.74, 6) is -0.808. The predicted octanol–water partition coefficient (Wildman–Crippen LogP) is 6.17. The van der Waals surface area contributed by atoms with Gasteiger partial charge < -0.3 is 29.3 Å². The lowest BCUT2D eigenvalue weighted by molar-refractivity contribution is -0.218. The van der Waals surface area contributed by atoms with Crippen LogP contribution in [-0.2, 0) is 15.9 Å². The van der Waals surface area contributed by atoms with Crippen LogP contribution in [0.15, 0.2) is 30.5 Å². The molecule has 0 bridgehead atoms. The van der Waals surface area contributed by atoms with Crippen LogP contribution in [-0.4, -0.2) is 100 Å². The number of piperidine rings is 1. The molecule has 10 nitrogen and oxygen atoms in total. The lowest BCUT2D eigenvalue weighted by Gasteiger charge is -2.62. The number of aryl methyl sites for hydroxylation is 1. The van der Waals surface area contributed by atoms with E-state index in [2.05, 4.69) is 9.88 Å². The summed E-state index contributed by atoms with van der Waals surface area (Å²) in [6.07, 6.45) is 9.82. The standard InChI is InChI=1S/C40H47F2N5O5/c1-3-26-29(41)8-7-24-16-25(48)17-27(32(24)26)34-33(42)35-28(18-43-34)36(46-14-15-50-20-38(2,49)19-46)45-37(44-35)52-23-39-10-4-6-30(39)47(13-5-11-39)31-9-12-40(31)21-51-22-40/h7-8,16-18,30-31,48-49H,3-6,9-15,19-23H2,1-2H3. The fourth-order valence-corrected chi connectivity index (χ4v) is 10.2. The number of fused-ring (bicyclic) bond motifs is 3. The van der Waals surface area contributed by atoms with Gasteiger partial charge in [-0.25, -0.2) is 8.78 Å². The molecule has 0 radical (unpaired) electrons. The number of rotatable bonds is 7. The summed E-state index contributed by atoms with van der Waals surface area (Å²) in [5.41, 5.74) is -0.267. The minimum atomic E-state index is -1.17. The highest BCUT2D eigenvalue weighted by atomic mass is 19.1. The number of phenols is 1. The third-order valence-corrected chi connectivity index (χ3v) is 12.8. The van der Waals surface area contributed by atoms with E-state index >= 15 is 8.78 Å². The van der Waals surface area contributed by atoms with E-state index in [1.54, 1.807) is 19.1 Å². The zero-order valence-electron chi connectivity index (χ0n) is 30.0. The molecule has 2 aromatic heterocycles. The van der Waals surface area contributed by atoms with Crippen LogP contribution in [0.1, 0.15) is 64.4 Å². The molecule has 1 spiro atoms. The van der Waals surface area contributed by atoms with E-state index in [4.69, 9.17) is 24.2 Å². The zero-order valence-corrected chi connectivity index (χ0v) is 30.0. The maximum Gasteiger partial charge on any atom is 0.319 e. The van der Waals surface area contributed by atoms with Crippen LogP contribution in [0, 0.1) is 22.5 Å². The zero-order chi connectivity index (χ0) is 35.8. The average Bonchev–Trinajstić information content (AvgIpc) is 3.44. The van der Waals surface area contributed by atoms with Crippen LogP contribution in [0.5, 0.6) is 11.8 Å². The fourth-order valence-electron chi connectivity index (χ4n) is 10.2. The Hall–Kier alpha value is -3.71. The van der Waals surface area contributed by atoms with Gasteiger partial charge in [0.05, 0.1) is 45.0 Å². The monoisotopic (exact) mass is 715 g/mol. The first-order chi connectivity index (χ1) is 25.1. The third-order valence-electron chi connectivity index (χ3n) is 12.8. The number of nitrogens with zero attached hydrogens (tertiary/aromatic N) is 5. The number of pyridine rings is 1. The summed E-state index contributed by atoms with van der Waals surface area (Å²) < 4.78 is 50.2. The number of anilines is 1. The summed E-state index contributed by atoms with van der Waals surface area (Å²) in [4.78, 5) is 18.9. The molecule has 2 aromatic carbocycles. The van der Waals surface area contributed by atoms with Gasteiger partial charge in [-0.05, 0) is 92.9 Å². The van der Waals surface area contributed by atoms with Gasteiger partial charge in [0.25, 0.3) is 0 Å². The van der Waals surface area contributed by atoms with Gasteiger partial charge in [-0.15, -0.1) is 0 Å². The van der Waals surface area contributed by atoms with Crippen molar-refractivity contribution in [2.24, 2.45) is 10.8 Å². The SMILES string of the molecule is CCc1c(F)ccc2cc(O)cc(-c3ncc4c(N5CCOCC(C)(O)C5)nc(OCC56CCCC5N(C5CCC57COC7)CCC6)nc4c3F)c12. The summed E-state index contributed by atoms with van der Waals surface area (Å²) in [6.45, 7) is 7.91. The molecule has 5 aliphatic rings. The van der Waals surface area contributed by atoms with Crippen LogP contribution in [0.3, 0.4) is 0 Å². The minimum absolute atomic E-state index is 0.00730. The molecule has 276 valence electrons. The number of hydrogen-bond acceptors (Lipinski definition) is 10. The van der Waals surface area contributed by atoms with Crippen molar-refractivity contribution in [1.29, 1.82) is 0 Å². The number of hydrogen-bond donors (Lipinski definition) is 2. The molecule has 2 saturated carbocycles. The highest BCUT2D eigenvalue weighted by Gasteiger charge is 2.59. The van der Waals surface area contributed by atoms with Crippen LogP contribution >= 0.6 is 0 Å². The van der Waals surface area contributed by atoms with E-state index < -0.39 is 17.2 Å². The Morgan fingerprint density at radius 1 is 1.00 bits per heavy atom. The largest absolute Gasteiger partial charge is 0.508 e. The topological polar surface area (TPSA) is 113 Å². The second-order valence-electron chi connectivity index (χ2n) is 16.3. The lowest BCUT2D eigenvalue weighted by Crippen LogP contribution is -2.68. The van der Waals surface area contributed by atoms with Gasteiger partial charge in [-0.2, -0.15) is 9.97 Å². The number of ether oxygens (including phenoxy) is 3. The van der Waals surface area contributed by atoms with Gasteiger partial charge in [-0.1, -0.05) is 19.4 Å². The highest BCUT2D eigenvalue weighted by molar-refractivity contribution is 6.01. The third kappa shape index (κ3) is 5.51. The molecule has 0 amide bonds. The van der Waals surface area contributed by atoms with Crippen molar-refractivity contribution in [3.8, 4) is 23.0 Å². The first-order valence-corrected chi connectivity index (χ1v) is 18.9. The van der Waals surface area contributed by atoms with Gasteiger partial charge in [0.1, 0.15) is 34.2 Å².